The molecule has 1 aromatic heterocycles. The average Bonchev–Trinajstić information content (AvgIpc) is 2.69. The molecule has 3 nitrogen and oxygen atoms in total. The van der Waals surface area contributed by atoms with E-state index in [1.807, 2.05) is 38.1 Å². The third kappa shape index (κ3) is 3.19. The summed E-state index contributed by atoms with van der Waals surface area (Å²) in [7, 11) is 1.67. The zero-order valence-corrected chi connectivity index (χ0v) is 13.0. The molecule has 0 saturated heterocycles. The van der Waals surface area contributed by atoms with Gasteiger partial charge in [-0.05, 0) is 50.1 Å². The minimum atomic E-state index is -0.0966. The maximum atomic E-state index is 6.28. The molecule has 2 rings (SSSR count). The first-order chi connectivity index (χ1) is 9.01. The summed E-state index contributed by atoms with van der Waals surface area (Å²) in [5.41, 5.74) is 8.42. The van der Waals surface area contributed by atoms with E-state index in [2.05, 4.69) is 15.9 Å². The zero-order valence-electron chi connectivity index (χ0n) is 11.4. The van der Waals surface area contributed by atoms with Gasteiger partial charge in [0.15, 0.2) is 0 Å². The third-order valence-corrected chi connectivity index (χ3v) is 3.65. The molecule has 0 bridgehead atoms. The fraction of sp³-hybridized carbons (Fsp3) is 0.333. The van der Waals surface area contributed by atoms with Crippen molar-refractivity contribution in [1.82, 2.24) is 0 Å². The van der Waals surface area contributed by atoms with Gasteiger partial charge in [0.1, 0.15) is 17.3 Å². The summed E-state index contributed by atoms with van der Waals surface area (Å²) in [6.07, 6.45) is 0.711. The smallest absolute Gasteiger partial charge is 0.122 e. The molecule has 0 spiro atoms. The summed E-state index contributed by atoms with van der Waals surface area (Å²) in [5.74, 6) is 2.64. The lowest BCUT2D eigenvalue weighted by atomic mass is 9.99. The number of rotatable bonds is 4. The number of aryl methyl sites for hydroxylation is 2. The summed E-state index contributed by atoms with van der Waals surface area (Å²) in [6.45, 7) is 3.88. The Kier molecular flexibility index (Phi) is 4.32. The molecule has 0 aliphatic heterocycles. The Morgan fingerprint density at radius 2 is 2.05 bits per heavy atom. The van der Waals surface area contributed by atoms with Crippen LogP contribution >= 0.6 is 15.9 Å². The van der Waals surface area contributed by atoms with Crippen LogP contribution in [0.15, 0.2) is 33.2 Å². The highest BCUT2D eigenvalue weighted by molar-refractivity contribution is 9.10. The van der Waals surface area contributed by atoms with Crippen LogP contribution in [0.2, 0.25) is 0 Å². The highest BCUT2D eigenvalue weighted by Crippen LogP contribution is 2.29. The topological polar surface area (TPSA) is 48.4 Å². The van der Waals surface area contributed by atoms with Crippen molar-refractivity contribution in [1.29, 1.82) is 0 Å². The molecule has 2 aromatic rings. The van der Waals surface area contributed by atoms with Crippen molar-refractivity contribution in [2.24, 2.45) is 5.73 Å². The van der Waals surface area contributed by atoms with Crippen LogP contribution in [0.3, 0.4) is 0 Å². The largest absolute Gasteiger partial charge is 0.496 e. The van der Waals surface area contributed by atoms with Crippen molar-refractivity contribution in [3.05, 3.63) is 51.4 Å². The molecule has 1 aromatic carbocycles. The summed E-state index contributed by atoms with van der Waals surface area (Å²) < 4.78 is 11.9. The fourth-order valence-electron chi connectivity index (χ4n) is 2.27. The van der Waals surface area contributed by atoms with E-state index in [0.29, 0.717) is 6.42 Å². The number of halogens is 1. The standard InChI is InChI=1S/C15H18BrNO2/c1-9-6-13(10(2)19-9)14(17)8-11-7-12(16)4-5-15(11)18-3/h4-7,14H,8,17H2,1-3H3. The molecule has 0 radical (unpaired) electrons. The maximum Gasteiger partial charge on any atom is 0.122 e. The average molecular weight is 324 g/mol. The summed E-state index contributed by atoms with van der Waals surface area (Å²) in [5, 5.41) is 0. The molecule has 1 unspecified atom stereocenters. The molecular weight excluding hydrogens is 306 g/mol. The zero-order chi connectivity index (χ0) is 14.0. The third-order valence-electron chi connectivity index (χ3n) is 3.16. The lowest BCUT2D eigenvalue weighted by molar-refractivity contribution is 0.408. The van der Waals surface area contributed by atoms with Gasteiger partial charge >= 0.3 is 0 Å². The number of nitrogens with two attached hydrogens (primary N) is 1. The van der Waals surface area contributed by atoms with Crippen molar-refractivity contribution < 1.29 is 9.15 Å². The van der Waals surface area contributed by atoms with E-state index in [0.717, 1.165) is 32.9 Å². The Morgan fingerprint density at radius 1 is 1.32 bits per heavy atom. The Labute approximate surface area is 121 Å². The van der Waals surface area contributed by atoms with Gasteiger partial charge in [-0.25, -0.2) is 0 Å². The Hall–Kier alpha value is -1.26. The highest BCUT2D eigenvalue weighted by atomic mass is 79.9. The minimum Gasteiger partial charge on any atom is -0.496 e. The van der Waals surface area contributed by atoms with Crippen molar-refractivity contribution in [2.45, 2.75) is 26.3 Å². The van der Waals surface area contributed by atoms with E-state index in [1.165, 1.54) is 0 Å². The predicted octanol–water partition coefficient (Wildman–Crippen LogP) is 3.91. The van der Waals surface area contributed by atoms with E-state index in [9.17, 15) is 0 Å². The van der Waals surface area contributed by atoms with Crippen LogP contribution in [0.5, 0.6) is 5.75 Å². The van der Waals surface area contributed by atoms with Crippen molar-refractivity contribution in [3.8, 4) is 5.75 Å². The van der Waals surface area contributed by atoms with Crippen molar-refractivity contribution in [2.75, 3.05) is 7.11 Å². The van der Waals surface area contributed by atoms with Gasteiger partial charge in [-0.3, -0.25) is 0 Å². The normalized spacial score (nSPS) is 12.5. The lowest BCUT2D eigenvalue weighted by Gasteiger charge is -2.14. The second-order valence-corrected chi connectivity index (χ2v) is 5.55. The quantitative estimate of drug-likeness (QED) is 0.927. The molecule has 2 N–H and O–H groups in total. The van der Waals surface area contributed by atoms with E-state index < -0.39 is 0 Å². The lowest BCUT2D eigenvalue weighted by Crippen LogP contribution is -2.14. The monoisotopic (exact) mass is 323 g/mol. The molecule has 0 saturated carbocycles. The van der Waals surface area contributed by atoms with Gasteiger partial charge < -0.3 is 14.9 Å². The molecule has 1 atom stereocenters. The Balaban J connectivity index is 2.25. The van der Waals surface area contributed by atoms with Gasteiger partial charge in [0.25, 0.3) is 0 Å². The molecule has 0 aliphatic rings. The fourth-order valence-corrected chi connectivity index (χ4v) is 2.68. The van der Waals surface area contributed by atoms with E-state index in [-0.39, 0.29) is 6.04 Å². The van der Waals surface area contributed by atoms with Crippen LogP contribution in [0.4, 0.5) is 0 Å². The highest BCUT2D eigenvalue weighted by Gasteiger charge is 2.16. The second-order valence-electron chi connectivity index (χ2n) is 4.64. The van der Waals surface area contributed by atoms with E-state index in [1.54, 1.807) is 7.11 Å². The van der Waals surface area contributed by atoms with Gasteiger partial charge in [-0.2, -0.15) is 0 Å². The molecule has 0 amide bonds. The Bertz CT molecular complexity index is 578. The molecule has 0 fully saturated rings. The number of furan rings is 1. The van der Waals surface area contributed by atoms with Crippen LogP contribution in [0, 0.1) is 13.8 Å². The first-order valence-electron chi connectivity index (χ1n) is 6.16. The Morgan fingerprint density at radius 3 is 2.63 bits per heavy atom. The number of hydrogen-bond donors (Lipinski definition) is 1. The van der Waals surface area contributed by atoms with Crippen LogP contribution < -0.4 is 10.5 Å². The molecule has 4 heteroatoms. The maximum absolute atomic E-state index is 6.28. The number of ether oxygens (including phenoxy) is 1. The predicted molar refractivity (Wildman–Crippen MR) is 79.5 cm³/mol. The van der Waals surface area contributed by atoms with Crippen LogP contribution in [-0.4, -0.2) is 7.11 Å². The molecular formula is C15H18BrNO2. The number of methoxy groups -OCH3 is 1. The second kappa shape index (κ2) is 5.80. The molecule has 0 aliphatic carbocycles. The summed E-state index contributed by atoms with van der Waals surface area (Å²) >= 11 is 3.48. The number of hydrogen-bond acceptors (Lipinski definition) is 3. The first-order valence-corrected chi connectivity index (χ1v) is 6.95. The first kappa shape index (κ1) is 14.2. The van der Waals surface area contributed by atoms with Crippen LogP contribution in [0.25, 0.3) is 0 Å². The van der Waals surface area contributed by atoms with Gasteiger partial charge in [0, 0.05) is 16.1 Å². The van der Waals surface area contributed by atoms with Crippen LogP contribution in [-0.2, 0) is 6.42 Å². The molecule has 19 heavy (non-hydrogen) atoms. The van der Waals surface area contributed by atoms with E-state index >= 15 is 0 Å². The van der Waals surface area contributed by atoms with Crippen molar-refractivity contribution in [3.63, 3.8) is 0 Å². The molecule has 102 valence electrons. The minimum absolute atomic E-state index is 0.0966. The van der Waals surface area contributed by atoms with Gasteiger partial charge in [0.05, 0.1) is 7.11 Å². The van der Waals surface area contributed by atoms with Gasteiger partial charge in [-0.15, -0.1) is 0 Å². The molecule has 1 heterocycles. The van der Waals surface area contributed by atoms with Gasteiger partial charge in [0.2, 0.25) is 0 Å². The SMILES string of the molecule is COc1ccc(Br)cc1CC(N)c1cc(C)oc1C. The van der Waals surface area contributed by atoms with Gasteiger partial charge in [-0.1, -0.05) is 15.9 Å². The van der Waals surface area contributed by atoms with E-state index in [4.69, 9.17) is 14.9 Å². The summed E-state index contributed by atoms with van der Waals surface area (Å²) in [6, 6.07) is 7.85. The number of benzene rings is 1. The van der Waals surface area contributed by atoms with Crippen molar-refractivity contribution >= 4 is 15.9 Å². The summed E-state index contributed by atoms with van der Waals surface area (Å²) in [4.78, 5) is 0. The van der Waals surface area contributed by atoms with Crippen LogP contribution in [0.1, 0.15) is 28.7 Å².